The second kappa shape index (κ2) is 7.63. The number of hydrogen-bond donors (Lipinski definition) is 7. The molecule has 4 rings (SSSR count). The zero-order valence-corrected chi connectivity index (χ0v) is 15.7. The molecule has 1 fully saturated rings. The number of hydrogen-bond acceptors (Lipinski definition) is 11. The Hall–Kier alpha value is -3.51. The van der Waals surface area contributed by atoms with Crippen LogP contribution >= 0.6 is 0 Å². The zero-order valence-electron chi connectivity index (χ0n) is 15.7. The molecule has 2 heterocycles. The number of aliphatic hydroxyl groups excluding tert-OH is 3. The highest BCUT2D eigenvalue weighted by Gasteiger charge is 2.40. The highest BCUT2D eigenvalue weighted by Crippen LogP contribution is 2.39. The van der Waals surface area contributed by atoms with Crippen molar-refractivity contribution in [2.75, 3.05) is 6.61 Å². The van der Waals surface area contributed by atoms with Crippen LogP contribution in [0.3, 0.4) is 0 Å². The van der Waals surface area contributed by atoms with Gasteiger partial charge in [0.1, 0.15) is 40.8 Å². The Morgan fingerprint density at radius 3 is 2.35 bits per heavy atom. The van der Waals surface area contributed by atoms with Crippen LogP contribution in [0.2, 0.25) is 0 Å². The van der Waals surface area contributed by atoms with E-state index in [0.29, 0.717) is 0 Å². The molecule has 0 aliphatic carbocycles. The molecule has 0 saturated carbocycles. The molecule has 1 aromatic heterocycles. The molecule has 1 unspecified atom stereocenters. The molecule has 0 radical (unpaired) electrons. The molecule has 1 aliphatic rings. The quantitative estimate of drug-likeness (QED) is 0.277. The summed E-state index contributed by atoms with van der Waals surface area (Å²) in [6.45, 7) is -0.393. The van der Waals surface area contributed by atoms with Gasteiger partial charge < -0.3 is 49.6 Å². The van der Waals surface area contributed by atoms with Gasteiger partial charge in [-0.25, -0.2) is 0 Å². The molecule has 1 aliphatic heterocycles. The molecule has 0 amide bonds. The van der Waals surface area contributed by atoms with Gasteiger partial charge in [0.15, 0.2) is 17.3 Å². The van der Waals surface area contributed by atoms with Crippen molar-refractivity contribution in [3.05, 3.63) is 40.6 Å². The molecule has 11 heteroatoms. The van der Waals surface area contributed by atoms with E-state index < -0.39 is 59.6 Å². The van der Waals surface area contributed by atoms with Crippen molar-refractivity contribution in [2.24, 2.45) is 0 Å². The van der Waals surface area contributed by atoms with E-state index in [2.05, 4.69) is 0 Å². The SMILES string of the molecule is O=c1c(O[C@H]2OC[C@@H](O)C(O)[C@H]2O)c(-c2ccc(O)c(O)c2)oc2cc(O)cc(O)c12. The Morgan fingerprint density at radius 2 is 1.65 bits per heavy atom. The first-order chi connectivity index (χ1) is 14.7. The maximum atomic E-state index is 13.1. The van der Waals surface area contributed by atoms with E-state index in [-0.39, 0.29) is 28.0 Å². The van der Waals surface area contributed by atoms with Crippen LogP contribution < -0.4 is 10.2 Å². The third kappa shape index (κ3) is 3.59. The van der Waals surface area contributed by atoms with E-state index >= 15 is 0 Å². The first-order valence-electron chi connectivity index (χ1n) is 9.05. The Balaban J connectivity index is 1.92. The van der Waals surface area contributed by atoms with E-state index in [1.165, 1.54) is 6.07 Å². The number of aliphatic hydroxyl groups is 3. The van der Waals surface area contributed by atoms with Gasteiger partial charge in [-0.3, -0.25) is 4.79 Å². The summed E-state index contributed by atoms with van der Waals surface area (Å²) in [6, 6.07) is 5.50. The van der Waals surface area contributed by atoms with Crippen molar-refractivity contribution in [3.63, 3.8) is 0 Å². The van der Waals surface area contributed by atoms with E-state index in [1.54, 1.807) is 0 Å². The van der Waals surface area contributed by atoms with Crippen molar-refractivity contribution < 1.29 is 49.6 Å². The van der Waals surface area contributed by atoms with Gasteiger partial charge in [0.25, 0.3) is 0 Å². The second-order valence-electron chi connectivity index (χ2n) is 7.00. The molecule has 7 N–H and O–H groups in total. The van der Waals surface area contributed by atoms with Crippen molar-refractivity contribution in [1.82, 2.24) is 0 Å². The first-order valence-corrected chi connectivity index (χ1v) is 9.05. The normalized spacial score (nSPS) is 23.7. The molecule has 164 valence electrons. The monoisotopic (exact) mass is 434 g/mol. The minimum atomic E-state index is -1.73. The van der Waals surface area contributed by atoms with Crippen molar-refractivity contribution in [3.8, 4) is 40.1 Å². The zero-order chi connectivity index (χ0) is 22.4. The van der Waals surface area contributed by atoms with Crippen LogP contribution in [-0.2, 0) is 4.74 Å². The van der Waals surface area contributed by atoms with Crippen LogP contribution in [0.25, 0.3) is 22.3 Å². The van der Waals surface area contributed by atoms with Crippen LogP contribution in [0.5, 0.6) is 28.7 Å². The number of rotatable bonds is 3. The summed E-state index contributed by atoms with van der Waals surface area (Å²) in [5, 5.41) is 68.6. The third-order valence-electron chi connectivity index (χ3n) is 4.84. The highest BCUT2D eigenvalue weighted by atomic mass is 16.7. The first kappa shape index (κ1) is 20.8. The smallest absolute Gasteiger partial charge is 0.239 e. The molecule has 3 aromatic rings. The number of fused-ring (bicyclic) bond motifs is 1. The molecule has 4 atom stereocenters. The lowest BCUT2D eigenvalue weighted by molar-refractivity contribution is -0.242. The van der Waals surface area contributed by atoms with Gasteiger partial charge in [-0.15, -0.1) is 0 Å². The fourth-order valence-corrected chi connectivity index (χ4v) is 3.23. The molecule has 2 aromatic carbocycles. The Bertz CT molecular complexity index is 1200. The van der Waals surface area contributed by atoms with E-state index in [4.69, 9.17) is 13.9 Å². The van der Waals surface area contributed by atoms with E-state index in [9.17, 15) is 40.5 Å². The standard InChI is InChI=1S/C20H18O11/c21-8-4-11(24)14-13(5-8)30-18(7-1-2-9(22)10(23)3-7)19(16(14)27)31-20-17(28)15(26)12(25)6-29-20/h1-5,12,15,17,20-26,28H,6H2/t12-,15?,17-,20-/m1/s1. The van der Waals surface area contributed by atoms with Crippen LogP contribution in [-0.4, -0.2) is 67.0 Å². The average molecular weight is 434 g/mol. The van der Waals surface area contributed by atoms with Crippen LogP contribution in [0.15, 0.2) is 39.5 Å². The van der Waals surface area contributed by atoms with Crippen LogP contribution in [0.4, 0.5) is 0 Å². The largest absolute Gasteiger partial charge is 0.508 e. The summed E-state index contributed by atoms with van der Waals surface area (Å²) in [4.78, 5) is 13.1. The lowest BCUT2D eigenvalue weighted by Gasteiger charge is -2.34. The second-order valence-corrected chi connectivity index (χ2v) is 7.00. The van der Waals surface area contributed by atoms with E-state index in [1.807, 2.05) is 0 Å². The maximum Gasteiger partial charge on any atom is 0.239 e. The summed E-state index contributed by atoms with van der Waals surface area (Å²) in [5.74, 6) is -2.79. The Morgan fingerprint density at radius 1 is 0.903 bits per heavy atom. The molecule has 31 heavy (non-hydrogen) atoms. The number of ether oxygens (including phenoxy) is 2. The summed E-state index contributed by atoms with van der Waals surface area (Å²) in [7, 11) is 0. The fourth-order valence-electron chi connectivity index (χ4n) is 3.23. The molecule has 1 saturated heterocycles. The number of phenolic OH excluding ortho intramolecular Hbond substituents is 4. The highest BCUT2D eigenvalue weighted by molar-refractivity contribution is 5.88. The minimum Gasteiger partial charge on any atom is -0.508 e. The van der Waals surface area contributed by atoms with Gasteiger partial charge in [-0.1, -0.05) is 0 Å². The predicted octanol–water partition coefficient (Wildman–Crippen LogP) is 0.100. The number of benzene rings is 2. The van der Waals surface area contributed by atoms with Gasteiger partial charge in [0.05, 0.1) is 6.61 Å². The maximum absolute atomic E-state index is 13.1. The minimum absolute atomic E-state index is 0.0676. The fraction of sp³-hybridized carbons (Fsp3) is 0.250. The summed E-state index contributed by atoms with van der Waals surface area (Å²) < 4.78 is 16.3. The van der Waals surface area contributed by atoms with Crippen molar-refractivity contribution in [2.45, 2.75) is 24.6 Å². The number of phenols is 4. The molecule has 0 bridgehead atoms. The van der Waals surface area contributed by atoms with Crippen molar-refractivity contribution in [1.29, 1.82) is 0 Å². The lowest BCUT2D eigenvalue weighted by Crippen LogP contribution is -2.55. The van der Waals surface area contributed by atoms with Crippen LogP contribution in [0, 0.1) is 0 Å². The predicted molar refractivity (Wildman–Crippen MR) is 103 cm³/mol. The van der Waals surface area contributed by atoms with E-state index in [0.717, 1.165) is 24.3 Å². The van der Waals surface area contributed by atoms with Gasteiger partial charge in [0, 0.05) is 17.7 Å². The average Bonchev–Trinajstić information content (AvgIpc) is 2.71. The lowest BCUT2D eigenvalue weighted by atomic mass is 10.1. The summed E-state index contributed by atoms with van der Waals surface area (Å²) >= 11 is 0. The Labute approximate surface area is 173 Å². The topological polar surface area (TPSA) is 190 Å². The summed E-state index contributed by atoms with van der Waals surface area (Å²) in [5.41, 5.74) is -1.05. The molecule has 11 nitrogen and oxygen atoms in total. The molecular formula is C20H18O11. The molecular weight excluding hydrogens is 416 g/mol. The van der Waals surface area contributed by atoms with Gasteiger partial charge in [0.2, 0.25) is 17.5 Å². The van der Waals surface area contributed by atoms with Gasteiger partial charge in [-0.2, -0.15) is 0 Å². The third-order valence-corrected chi connectivity index (χ3v) is 4.84. The number of aromatic hydroxyl groups is 4. The van der Waals surface area contributed by atoms with Gasteiger partial charge in [-0.05, 0) is 18.2 Å². The summed E-state index contributed by atoms with van der Waals surface area (Å²) in [6.07, 6.45) is -6.29. The Kier molecular flexibility index (Phi) is 5.11. The van der Waals surface area contributed by atoms with Crippen LogP contribution in [0.1, 0.15) is 0 Å². The van der Waals surface area contributed by atoms with Gasteiger partial charge >= 0.3 is 0 Å². The van der Waals surface area contributed by atoms with Crippen molar-refractivity contribution >= 4 is 11.0 Å². The molecule has 0 spiro atoms.